The summed E-state index contributed by atoms with van der Waals surface area (Å²) in [6.45, 7) is 4.26. The zero-order valence-electron chi connectivity index (χ0n) is 13.8. The van der Waals surface area contributed by atoms with Crippen molar-refractivity contribution in [1.82, 2.24) is 15.2 Å². The second-order valence-corrected chi connectivity index (χ2v) is 7.69. The van der Waals surface area contributed by atoms with Gasteiger partial charge in [-0.2, -0.15) is 4.98 Å². The van der Waals surface area contributed by atoms with Gasteiger partial charge in [-0.1, -0.05) is 37.6 Å². The molecule has 0 radical (unpaired) electrons. The van der Waals surface area contributed by atoms with E-state index in [9.17, 15) is 4.79 Å². The number of hydrogen-bond acceptors (Lipinski definition) is 4. The molecular formula is C18H17ClN4OS. The van der Waals surface area contributed by atoms with Crippen molar-refractivity contribution in [3.8, 4) is 11.4 Å². The molecule has 7 heteroatoms. The largest absolute Gasteiger partial charge is 0.289 e. The van der Waals surface area contributed by atoms with Crippen molar-refractivity contribution in [1.29, 1.82) is 0 Å². The fourth-order valence-corrected chi connectivity index (χ4v) is 3.28. The summed E-state index contributed by atoms with van der Waals surface area (Å²) in [5.74, 6) is 0.455. The van der Waals surface area contributed by atoms with E-state index in [4.69, 9.17) is 11.6 Å². The quantitative estimate of drug-likeness (QED) is 0.626. The van der Waals surface area contributed by atoms with Crippen LogP contribution in [0.3, 0.4) is 0 Å². The number of amides is 1. The third-order valence-electron chi connectivity index (χ3n) is 3.33. The van der Waals surface area contributed by atoms with Gasteiger partial charge in [-0.25, -0.2) is 0 Å². The minimum absolute atomic E-state index is 0.209. The van der Waals surface area contributed by atoms with E-state index in [1.54, 1.807) is 30.0 Å². The van der Waals surface area contributed by atoms with E-state index in [0.717, 1.165) is 10.5 Å². The number of nitrogens with one attached hydrogen (secondary N) is 2. The van der Waals surface area contributed by atoms with Crippen LogP contribution >= 0.6 is 23.4 Å². The lowest BCUT2D eigenvalue weighted by Gasteiger charge is -2.06. The molecule has 5 nitrogen and oxygen atoms in total. The van der Waals surface area contributed by atoms with Crippen LogP contribution in [0.1, 0.15) is 24.2 Å². The Morgan fingerprint density at radius 3 is 2.56 bits per heavy atom. The average Bonchev–Trinajstić information content (AvgIpc) is 3.03. The van der Waals surface area contributed by atoms with Gasteiger partial charge in [-0.15, -0.1) is 16.9 Å². The molecule has 0 saturated carbocycles. The van der Waals surface area contributed by atoms with Gasteiger partial charge in [0.15, 0.2) is 5.82 Å². The highest BCUT2D eigenvalue weighted by atomic mass is 35.5. The lowest BCUT2D eigenvalue weighted by atomic mass is 10.2. The molecule has 2 N–H and O–H groups in total. The Morgan fingerprint density at radius 1 is 1.16 bits per heavy atom. The number of thioether (sulfide) groups is 1. The maximum Gasteiger partial charge on any atom is 0.258 e. The van der Waals surface area contributed by atoms with Crippen molar-refractivity contribution in [2.24, 2.45) is 0 Å². The van der Waals surface area contributed by atoms with Gasteiger partial charge in [0.1, 0.15) is 0 Å². The van der Waals surface area contributed by atoms with E-state index < -0.39 is 0 Å². The number of halogens is 1. The number of rotatable bonds is 5. The standard InChI is InChI=1S/C18H17ClN4OS/c1-11(2)25-13-9-7-12(8-10-13)17(24)21-18-20-16(22-23-18)14-5-3-4-6-15(14)19/h3-11H,1-2H3,(H2,20,21,22,23,24). The number of carbonyl (C=O) groups excluding carboxylic acids is 1. The molecule has 0 aliphatic heterocycles. The molecule has 0 atom stereocenters. The summed E-state index contributed by atoms with van der Waals surface area (Å²) in [5.41, 5.74) is 1.28. The number of benzene rings is 2. The van der Waals surface area contributed by atoms with E-state index in [1.807, 2.05) is 30.3 Å². The van der Waals surface area contributed by atoms with Crippen molar-refractivity contribution in [2.45, 2.75) is 24.0 Å². The SMILES string of the molecule is CC(C)Sc1ccc(C(=O)Nc2n[nH]c(-c3ccccc3Cl)n2)cc1. The molecule has 1 amide bonds. The first-order valence-corrected chi connectivity index (χ1v) is 9.04. The van der Waals surface area contributed by atoms with Crippen LogP contribution in [0.5, 0.6) is 0 Å². The summed E-state index contributed by atoms with van der Waals surface area (Å²) in [5, 5.41) is 10.6. The van der Waals surface area contributed by atoms with Crippen molar-refractivity contribution < 1.29 is 4.79 Å². The van der Waals surface area contributed by atoms with Gasteiger partial charge in [0.2, 0.25) is 5.95 Å². The lowest BCUT2D eigenvalue weighted by molar-refractivity contribution is 0.102. The number of hydrogen-bond donors (Lipinski definition) is 2. The van der Waals surface area contributed by atoms with Gasteiger partial charge < -0.3 is 0 Å². The van der Waals surface area contributed by atoms with Crippen molar-refractivity contribution in [3.63, 3.8) is 0 Å². The van der Waals surface area contributed by atoms with Gasteiger partial charge in [-0.05, 0) is 36.4 Å². The van der Waals surface area contributed by atoms with E-state index in [-0.39, 0.29) is 11.9 Å². The van der Waals surface area contributed by atoms with Crippen LogP contribution in [-0.2, 0) is 0 Å². The smallest absolute Gasteiger partial charge is 0.258 e. The topological polar surface area (TPSA) is 70.7 Å². The maximum absolute atomic E-state index is 12.3. The molecule has 25 heavy (non-hydrogen) atoms. The van der Waals surface area contributed by atoms with Gasteiger partial charge in [0.05, 0.1) is 5.02 Å². The first kappa shape index (κ1) is 17.5. The van der Waals surface area contributed by atoms with Gasteiger partial charge in [-0.3, -0.25) is 15.2 Å². The van der Waals surface area contributed by atoms with E-state index in [2.05, 4.69) is 34.3 Å². The number of carbonyl (C=O) groups is 1. The second-order valence-electron chi connectivity index (χ2n) is 5.63. The molecular weight excluding hydrogens is 356 g/mol. The number of H-pyrrole nitrogens is 1. The summed E-state index contributed by atoms with van der Waals surface area (Å²) < 4.78 is 0. The summed E-state index contributed by atoms with van der Waals surface area (Å²) >= 11 is 7.89. The molecule has 0 bridgehead atoms. The number of anilines is 1. The Hall–Kier alpha value is -2.31. The third-order valence-corrected chi connectivity index (χ3v) is 4.67. The third kappa shape index (κ3) is 4.41. The van der Waals surface area contributed by atoms with Crippen LogP contribution in [0, 0.1) is 0 Å². The molecule has 128 valence electrons. The summed E-state index contributed by atoms with van der Waals surface area (Å²) in [6, 6.07) is 14.8. The normalized spacial score (nSPS) is 10.9. The highest BCUT2D eigenvalue weighted by Crippen LogP contribution is 2.25. The molecule has 1 heterocycles. The molecule has 0 aliphatic carbocycles. The fourth-order valence-electron chi connectivity index (χ4n) is 2.22. The van der Waals surface area contributed by atoms with Crippen LogP contribution in [0.4, 0.5) is 5.95 Å². The molecule has 0 fully saturated rings. The van der Waals surface area contributed by atoms with Crippen molar-refractivity contribution in [3.05, 3.63) is 59.1 Å². The van der Waals surface area contributed by atoms with E-state index >= 15 is 0 Å². The number of aromatic nitrogens is 3. The Bertz CT molecular complexity index is 877. The minimum Gasteiger partial charge on any atom is -0.289 e. The van der Waals surface area contributed by atoms with E-state index in [1.165, 1.54) is 0 Å². The van der Waals surface area contributed by atoms with Gasteiger partial charge in [0, 0.05) is 21.3 Å². The first-order chi connectivity index (χ1) is 12.0. The Labute approximate surface area is 155 Å². The zero-order chi connectivity index (χ0) is 17.8. The predicted molar refractivity (Wildman–Crippen MR) is 102 cm³/mol. The Balaban J connectivity index is 1.70. The minimum atomic E-state index is -0.259. The summed E-state index contributed by atoms with van der Waals surface area (Å²) in [6.07, 6.45) is 0. The summed E-state index contributed by atoms with van der Waals surface area (Å²) in [7, 11) is 0. The van der Waals surface area contributed by atoms with Gasteiger partial charge >= 0.3 is 0 Å². The predicted octanol–water partition coefficient (Wildman–Crippen LogP) is 4.88. The highest BCUT2D eigenvalue weighted by Gasteiger charge is 2.12. The second kappa shape index (κ2) is 7.72. The van der Waals surface area contributed by atoms with Crippen LogP contribution in [-0.4, -0.2) is 26.3 Å². The molecule has 0 aliphatic rings. The van der Waals surface area contributed by atoms with Crippen LogP contribution < -0.4 is 5.32 Å². The van der Waals surface area contributed by atoms with Crippen molar-refractivity contribution >= 4 is 35.2 Å². The lowest BCUT2D eigenvalue weighted by Crippen LogP contribution is -2.12. The maximum atomic E-state index is 12.3. The van der Waals surface area contributed by atoms with E-state index in [0.29, 0.717) is 21.7 Å². The molecule has 3 aromatic rings. The van der Waals surface area contributed by atoms with Crippen LogP contribution in [0.15, 0.2) is 53.4 Å². The summed E-state index contributed by atoms with van der Waals surface area (Å²) in [4.78, 5) is 17.7. The zero-order valence-corrected chi connectivity index (χ0v) is 15.4. The first-order valence-electron chi connectivity index (χ1n) is 7.78. The average molecular weight is 373 g/mol. The number of nitrogens with zero attached hydrogens (tertiary/aromatic N) is 2. The van der Waals surface area contributed by atoms with Crippen LogP contribution in [0.2, 0.25) is 5.02 Å². The van der Waals surface area contributed by atoms with Crippen LogP contribution in [0.25, 0.3) is 11.4 Å². The molecule has 0 saturated heterocycles. The highest BCUT2D eigenvalue weighted by molar-refractivity contribution is 7.99. The Morgan fingerprint density at radius 2 is 1.88 bits per heavy atom. The molecule has 0 spiro atoms. The number of aromatic amines is 1. The fraction of sp³-hybridized carbons (Fsp3) is 0.167. The molecule has 2 aromatic carbocycles. The Kier molecular flexibility index (Phi) is 5.40. The molecule has 0 unspecified atom stereocenters. The van der Waals surface area contributed by atoms with Crippen molar-refractivity contribution in [2.75, 3.05) is 5.32 Å². The molecule has 3 rings (SSSR count). The van der Waals surface area contributed by atoms with Gasteiger partial charge in [0.25, 0.3) is 5.91 Å². The monoisotopic (exact) mass is 372 g/mol. The molecule has 1 aromatic heterocycles.